The van der Waals surface area contributed by atoms with Crippen LogP contribution in [0.5, 0.6) is 0 Å². The number of ether oxygens (including phenoxy) is 1. The van der Waals surface area contributed by atoms with Gasteiger partial charge in [-0.05, 0) is 36.8 Å². The van der Waals surface area contributed by atoms with Crippen LogP contribution in [0.15, 0.2) is 66.4 Å². The van der Waals surface area contributed by atoms with E-state index in [1.807, 2.05) is 42.5 Å². The summed E-state index contributed by atoms with van der Waals surface area (Å²) in [6.45, 7) is 4.64. The van der Waals surface area contributed by atoms with Crippen LogP contribution >= 0.6 is 23.8 Å². The molecule has 1 aliphatic rings. The first-order valence-electron chi connectivity index (χ1n) is 9.49. The van der Waals surface area contributed by atoms with Crippen LogP contribution < -0.4 is 15.5 Å². The van der Waals surface area contributed by atoms with Crippen molar-refractivity contribution in [3.63, 3.8) is 0 Å². The second kappa shape index (κ2) is 10.2. The number of benzene rings is 2. The summed E-state index contributed by atoms with van der Waals surface area (Å²) in [5.41, 5.74) is 3.08. The Bertz CT molecular complexity index is 965. The molecule has 156 valence electrons. The normalized spacial score (nSPS) is 15.5. The van der Waals surface area contributed by atoms with Gasteiger partial charge in [-0.15, -0.1) is 0 Å². The average molecular weight is 443 g/mol. The van der Waals surface area contributed by atoms with Crippen molar-refractivity contribution in [1.82, 2.24) is 10.6 Å². The average Bonchev–Trinajstić information content (AvgIpc) is 2.84. The summed E-state index contributed by atoms with van der Waals surface area (Å²) in [7, 11) is 1.72. The second-order valence-corrected chi connectivity index (χ2v) is 7.44. The Morgan fingerprint density at radius 3 is 2.83 bits per heavy atom. The fourth-order valence-corrected chi connectivity index (χ4v) is 3.47. The van der Waals surface area contributed by atoms with Crippen LogP contribution in [-0.2, 0) is 9.53 Å². The number of carbonyl (C=O) groups is 1. The number of hydrogen-bond acceptors (Lipinski definition) is 4. The Morgan fingerprint density at radius 2 is 2.10 bits per heavy atom. The number of thiocarbonyl (C=S) groups is 1. The Kier molecular flexibility index (Phi) is 7.43. The highest BCUT2D eigenvalue weighted by Gasteiger charge is 2.30. The largest absolute Gasteiger partial charge is 0.502 e. The molecule has 2 aromatic rings. The third-order valence-corrected chi connectivity index (χ3v) is 5.05. The van der Waals surface area contributed by atoms with Gasteiger partial charge in [-0.1, -0.05) is 48.5 Å². The fourth-order valence-electron chi connectivity index (χ4n) is 3.08. The molecule has 3 rings (SSSR count). The SMILES string of the molecule is C=COCCCNC(=S)NC1N=C(c2ccccc2)c2cc(Cl)ccc2N(C)C1=O. The molecule has 0 fully saturated rings. The lowest BCUT2D eigenvalue weighted by molar-refractivity contribution is -0.119. The van der Waals surface area contributed by atoms with Crippen molar-refractivity contribution in [1.29, 1.82) is 0 Å². The number of anilines is 1. The van der Waals surface area contributed by atoms with Gasteiger partial charge in [0.2, 0.25) is 6.17 Å². The molecule has 1 unspecified atom stereocenters. The lowest BCUT2D eigenvalue weighted by atomic mass is 10.0. The van der Waals surface area contributed by atoms with Crippen LogP contribution in [0.3, 0.4) is 0 Å². The summed E-state index contributed by atoms with van der Waals surface area (Å²) in [5.74, 6) is -0.219. The van der Waals surface area contributed by atoms with Crippen molar-refractivity contribution in [3.8, 4) is 0 Å². The first-order valence-corrected chi connectivity index (χ1v) is 10.3. The van der Waals surface area contributed by atoms with E-state index in [1.54, 1.807) is 18.0 Å². The minimum atomic E-state index is -0.874. The number of nitrogens with one attached hydrogen (secondary N) is 2. The predicted molar refractivity (Wildman–Crippen MR) is 125 cm³/mol. The van der Waals surface area contributed by atoms with Crippen LogP contribution in [0.25, 0.3) is 0 Å². The van der Waals surface area contributed by atoms with Crippen LogP contribution in [0.1, 0.15) is 17.5 Å². The minimum Gasteiger partial charge on any atom is -0.502 e. The van der Waals surface area contributed by atoms with E-state index in [0.29, 0.717) is 29.0 Å². The summed E-state index contributed by atoms with van der Waals surface area (Å²) in [4.78, 5) is 19.4. The van der Waals surface area contributed by atoms with Crippen molar-refractivity contribution in [3.05, 3.63) is 77.5 Å². The highest BCUT2D eigenvalue weighted by atomic mass is 35.5. The third-order valence-electron chi connectivity index (χ3n) is 4.56. The molecule has 0 saturated carbocycles. The van der Waals surface area contributed by atoms with Crippen LogP contribution in [-0.4, -0.2) is 43.1 Å². The van der Waals surface area contributed by atoms with Gasteiger partial charge in [0.15, 0.2) is 5.11 Å². The van der Waals surface area contributed by atoms with E-state index in [-0.39, 0.29) is 5.91 Å². The molecule has 0 radical (unpaired) electrons. The molecule has 6 nitrogen and oxygen atoms in total. The molecule has 0 spiro atoms. The van der Waals surface area contributed by atoms with E-state index < -0.39 is 6.17 Å². The molecular weight excluding hydrogens is 420 g/mol. The maximum atomic E-state index is 13.1. The zero-order chi connectivity index (χ0) is 21.5. The van der Waals surface area contributed by atoms with Gasteiger partial charge in [-0.3, -0.25) is 4.79 Å². The van der Waals surface area contributed by atoms with E-state index in [9.17, 15) is 4.79 Å². The molecule has 2 N–H and O–H groups in total. The van der Waals surface area contributed by atoms with E-state index in [4.69, 9.17) is 33.5 Å². The zero-order valence-corrected chi connectivity index (χ0v) is 18.2. The van der Waals surface area contributed by atoms with E-state index in [1.165, 1.54) is 6.26 Å². The highest BCUT2D eigenvalue weighted by Crippen LogP contribution is 2.29. The van der Waals surface area contributed by atoms with Crippen molar-refractivity contribution >= 4 is 46.2 Å². The molecule has 0 bridgehead atoms. The van der Waals surface area contributed by atoms with Gasteiger partial charge in [-0.25, -0.2) is 4.99 Å². The van der Waals surface area contributed by atoms with Crippen molar-refractivity contribution in [2.75, 3.05) is 25.1 Å². The smallest absolute Gasteiger partial charge is 0.272 e. The number of halogens is 1. The standard InChI is InChI=1S/C22H23ClN4O2S/c1-3-29-13-7-12-24-22(30)26-20-21(28)27(2)18-11-10-16(23)14-17(18)19(25-20)15-8-5-4-6-9-15/h3-6,8-11,14,20H,1,7,12-13H2,2H3,(H2,24,26,30). The predicted octanol–water partition coefficient (Wildman–Crippen LogP) is 3.49. The lowest BCUT2D eigenvalue weighted by Gasteiger charge is -2.22. The van der Waals surface area contributed by atoms with Crippen molar-refractivity contribution in [2.45, 2.75) is 12.6 Å². The maximum absolute atomic E-state index is 13.1. The molecule has 1 amide bonds. The molecule has 0 aromatic heterocycles. The number of benzodiazepines with no additional fused rings is 1. The summed E-state index contributed by atoms with van der Waals surface area (Å²) in [5, 5.41) is 7.02. The summed E-state index contributed by atoms with van der Waals surface area (Å²) in [6, 6.07) is 15.1. The topological polar surface area (TPSA) is 66.0 Å². The van der Waals surface area contributed by atoms with E-state index in [0.717, 1.165) is 23.2 Å². The molecule has 2 aromatic carbocycles. The minimum absolute atomic E-state index is 0.219. The number of aliphatic imine (C=N–C) groups is 1. The van der Waals surface area contributed by atoms with Crippen LogP contribution in [0, 0.1) is 0 Å². The third kappa shape index (κ3) is 5.17. The molecule has 0 aliphatic carbocycles. The van der Waals surface area contributed by atoms with Gasteiger partial charge in [0.25, 0.3) is 5.91 Å². The number of hydrogen-bond donors (Lipinski definition) is 2. The maximum Gasteiger partial charge on any atom is 0.272 e. The quantitative estimate of drug-likeness (QED) is 0.390. The first-order chi connectivity index (χ1) is 14.5. The number of carbonyl (C=O) groups excluding carboxylic acids is 1. The molecule has 1 aliphatic heterocycles. The first kappa shape index (κ1) is 21.8. The Balaban J connectivity index is 1.89. The zero-order valence-electron chi connectivity index (χ0n) is 16.6. The van der Waals surface area contributed by atoms with Crippen molar-refractivity contribution < 1.29 is 9.53 Å². The summed E-state index contributed by atoms with van der Waals surface area (Å²) >= 11 is 11.6. The molecular formula is C22H23ClN4O2S. The lowest BCUT2D eigenvalue weighted by Crippen LogP contribution is -2.49. The Hall–Kier alpha value is -2.90. The number of fused-ring (bicyclic) bond motifs is 1. The number of likely N-dealkylation sites (N-methyl/N-ethyl adjacent to an activating group) is 1. The molecule has 30 heavy (non-hydrogen) atoms. The van der Waals surface area contributed by atoms with Crippen LogP contribution in [0.2, 0.25) is 5.02 Å². The molecule has 0 saturated heterocycles. The van der Waals surface area contributed by atoms with Crippen LogP contribution in [0.4, 0.5) is 5.69 Å². The number of rotatable bonds is 7. The molecule has 1 heterocycles. The van der Waals surface area contributed by atoms with Gasteiger partial charge in [0.1, 0.15) is 0 Å². The monoisotopic (exact) mass is 442 g/mol. The summed E-state index contributed by atoms with van der Waals surface area (Å²) < 4.78 is 5.09. The van der Waals surface area contributed by atoms with Crippen molar-refractivity contribution in [2.24, 2.45) is 4.99 Å². The second-order valence-electron chi connectivity index (χ2n) is 6.60. The number of nitrogens with zero attached hydrogens (tertiary/aromatic N) is 2. The fraction of sp³-hybridized carbons (Fsp3) is 0.227. The van der Waals surface area contributed by atoms with E-state index >= 15 is 0 Å². The Morgan fingerprint density at radius 1 is 1.33 bits per heavy atom. The van der Waals surface area contributed by atoms with Gasteiger partial charge in [0.05, 0.1) is 24.3 Å². The summed E-state index contributed by atoms with van der Waals surface area (Å²) in [6.07, 6.45) is 1.27. The Labute approximate surface area is 186 Å². The van der Waals surface area contributed by atoms with Gasteiger partial charge >= 0.3 is 0 Å². The molecule has 1 atom stereocenters. The van der Waals surface area contributed by atoms with Gasteiger partial charge in [0, 0.05) is 29.7 Å². The van der Waals surface area contributed by atoms with Gasteiger partial charge < -0.3 is 20.3 Å². The van der Waals surface area contributed by atoms with Gasteiger partial charge in [-0.2, -0.15) is 0 Å². The number of amides is 1. The highest BCUT2D eigenvalue weighted by molar-refractivity contribution is 7.80. The molecule has 8 heteroatoms. The van der Waals surface area contributed by atoms with E-state index in [2.05, 4.69) is 17.2 Å².